The number of amides is 2. The third-order valence-corrected chi connectivity index (χ3v) is 3.20. The van der Waals surface area contributed by atoms with Crippen LogP contribution in [-0.2, 0) is 0 Å². The van der Waals surface area contributed by atoms with Crippen molar-refractivity contribution in [3.63, 3.8) is 0 Å². The summed E-state index contributed by atoms with van der Waals surface area (Å²) in [5.41, 5.74) is 5.49. The van der Waals surface area contributed by atoms with Crippen LogP contribution in [0.1, 0.15) is 18.1 Å². The summed E-state index contributed by atoms with van der Waals surface area (Å²) in [6, 6.07) is 12.7. The summed E-state index contributed by atoms with van der Waals surface area (Å²) < 4.78 is 0. The molecule has 0 unspecified atom stereocenters. The third-order valence-electron chi connectivity index (χ3n) is 3.20. The number of non-ortho nitro benzene ring substituents is 1. The number of benzene rings is 2. The zero-order chi connectivity index (χ0) is 16.8. The minimum absolute atomic E-state index is 0.0376. The fourth-order valence-corrected chi connectivity index (χ4v) is 2.00. The van der Waals surface area contributed by atoms with Gasteiger partial charge in [-0.1, -0.05) is 24.3 Å². The van der Waals surface area contributed by atoms with Gasteiger partial charge in [0, 0.05) is 23.4 Å². The van der Waals surface area contributed by atoms with Crippen molar-refractivity contribution >= 4 is 23.1 Å². The highest BCUT2D eigenvalue weighted by Crippen LogP contribution is 2.15. The van der Waals surface area contributed by atoms with Gasteiger partial charge >= 0.3 is 6.03 Å². The Hall–Kier alpha value is -3.22. The summed E-state index contributed by atoms with van der Waals surface area (Å²) in [7, 11) is 0. The predicted octanol–water partition coefficient (Wildman–Crippen LogP) is 3.45. The largest absolute Gasteiger partial charge is 0.339 e. The molecule has 0 spiro atoms. The van der Waals surface area contributed by atoms with Gasteiger partial charge < -0.3 is 5.32 Å². The van der Waals surface area contributed by atoms with Crippen molar-refractivity contribution in [1.82, 2.24) is 5.43 Å². The standard InChI is InChI=1S/C16H16N4O3/c1-11-5-3-4-6-15(11)12(2)18-19-16(21)17-13-7-9-14(10-8-13)20(22)23/h3-10H,1-2H3,(H2,17,19,21)/b18-12+. The molecular weight excluding hydrogens is 296 g/mol. The van der Waals surface area contributed by atoms with E-state index < -0.39 is 11.0 Å². The molecule has 7 heteroatoms. The van der Waals surface area contributed by atoms with Crippen LogP contribution in [0, 0.1) is 17.0 Å². The monoisotopic (exact) mass is 312 g/mol. The van der Waals surface area contributed by atoms with Crippen LogP contribution in [0.4, 0.5) is 16.2 Å². The number of hydrazone groups is 1. The lowest BCUT2D eigenvalue weighted by Crippen LogP contribution is -2.25. The van der Waals surface area contributed by atoms with E-state index in [1.807, 2.05) is 31.2 Å². The van der Waals surface area contributed by atoms with Gasteiger partial charge in [0.1, 0.15) is 0 Å². The summed E-state index contributed by atoms with van der Waals surface area (Å²) >= 11 is 0. The van der Waals surface area contributed by atoms with Crippen LogP contribution < -0.4 is 10.7 Å². The number of anilines is 1. The van der Waals surface area contributed by atoms with Gasteiger partial charge in [-0.2, -0.15) is 5.10 Å². The van der Waals surface area contributed by atoms with Crippen LogP contribution in [0.5, 0.6) is 0 Å². The van der Waals surface area contributed by atoms with E-state index in [9.17, 15) is 14.9 Å². The Morgan fingerprint density at radius 3 is 2.39 bits per heavy atom. The molecule has 0 saturated heterocycles. The number of nitrogens with zero attached hydrogens (tertiary/aromatic N) is 2. The highest BCUT2D eigenvalue weighted by atomic mass is 16.6. The Labute approximate surface area is 133 Å². The predicted molar refractivity (Wildman–Crippen MR) is 88.6 cm³/mol. The first-order valence-electron chi connectivity index (χ1n) is 6.89. The summed E-state index contributed by atoms with van der Waals surface area (Å²) in [4.78, 5) is 21.9. The van der Waals surface area contributed by atoms with Gasteiger partial charge in [0.15, 0.2) is 0 Å². The van der Waals surface area contributed by atoms with Crippen molar-refractivity contribution in [2.24, 2.45) is 5.10 Å². The van der Waals surface area contributed by atoms with Crippen LogP contribution in [0.3, 0.4) is 0 Å². The smallest absolute Gasteiger partial charge is 0.307 e. The van der Waals surface area contributed by atoms with Gasteiger partial charge in [-0.25, -0.2) is 10.2 Å². The number of nitro groups is 1. The molecule has 23 heavy (non-hydrogen) atoms. The molecule has 0 aliphatic heterocycles. The summed E-state index contributed by atoms with van der Waals surface area (Å²) in [5.74, 6) is 0. The number of urea groups is 1. The maximum Gasteiger partial charge on any atom is 0.339 e. The lowest BCUT2D eigenvalue weighted by molar-refractivity contribution is -0.384. The zero-order valence-corrected chi connectivity index (χ0v) is 12.7. The molecule has 2 amide bonds. The molecule has 0 radical (unpaired) electrons. The highest BCUT2D eigenvalue weighted by molar-refractivity contribution is 6.01. The molecule has 2 rings (SSSR count). The molecule has 2 N–H and O–H groups in total. The van der Waals surface area contributed by atoms with E-state index in [0.29, 0.717) is 11.4 Å². The maximum absolute atomic E-state index is 11.8. The van der Waals surface area contributed by atoms with E-state index in [1.165, 1.54) is 24.3 Å². The molecular formula is C16H16N4O3. The SMILES string of the molecule is C/C(=N\NC(=O)Nc1ccc([N+](=O)[O-])cc1)c1ccccc1C. The van der Waals surface area contributed by atoms with Gasteiger partial charge in [-0.15, -0.1) is 0 Å². The van der Waals surface area contributed by atoms with Crippen molar-refractivity contribution < 1.29 is 9.72 Å². The maximum atomic E-state index is 11.8. The number of carbonyl (C=O) groups excluding carboxylic acids is 1. The van der Waals surface area contributed by atoms with Crippen LogP contribution in [0.25, 0.3) is 0 Å². The molecule has 118 valence electrons. The van der Waals surface area contributed by atoms with E-state index in [2.05, 4.69) is 15.8 Å². The lowest BCUT2D eigenvalue weighted by atomic mass is 10.1. The van der Waals surface area contributed by atoms with Crippen molar-refractivity contribution in [2.75, 3.05) is 5.32 Å². The van der Waals surface area contributed by atoms with Crippen LogP contribution in [0.2, 0.25) is 0 Å². The number of carbonyl (C=O) groups is 1. The quantitative estimate of drug-likeness (QED) is 0.514. The van der Waals surface area contributed by atoms with Crippen LogP contribution >= 0.6 is 0 Å². The van der Waals surface area contributed by atoms with Gasteiger partial charge in [-0.3, -0.25) is 10.1 Å². The summed E-state index contributed by atoms with van der Waals surface area (Å²) in [6.07, 6.45) is 0. The topological polar surface area (TPSA) is 96.6 Å². The van der Waals surface area contributed by atoms with E-state index >= 15 is 0 Å². The van der Waals surface area contributed by atoms with Gasteiger partial charge in [-0.05, 0) is 31.5 Å². The van der Waals surface area contributed by atoms with E-state index in [-0.39, 0.29) is 5.69 Å². The van der Waals surface area contributed by atoms with Crippen molar-refractivity contribution in [3.8, 4) is 0 Å². The van der Waals surface area contributed by atoms with Crippen molar-refractivity contribution in [2.45, 2.75) is 13.8 Å². The first-order valence-corrected chi connectivity index (χ1v) is 6.89. The zero-order valence-electron chi connectivity index (χ0n) is 12.7. The summed E-state index contributed by atoms with van der Waals surface area (Å²) in [6.45, 7) is 3.76. The van der Waals surface area contributed by atoms with Gasteiger partial charge in [0.05, 0.1) is 10.6 Å². The summed E-state index contributed by atoms with van der Waals surface area (Å²) in [5, 5.41) is 17.2. The minimum Gasteiger partial charge on any atom is -0.307 e. The second-order valence-electron chi connectivity index (χ2n) is 4.88. The van der Waals surface area contributed by atoms with Crippen LogP contribution in [0.15, 0.2) is 53.6 Å². The Balaban J connectivity index is 1.98. The van der Waals surface area contributed by atoms with E-state index in [1.54, 1.807) is 6.92 Å². The number of rotatable bonds is 4. The average molecular weight is 312 g/mol. The van der Waals surface area contributed by atoms with E-state index in [0.717, 1.165) is 11.1 Å². The molecule has 0 aliphatic rings. The van der Waals surface area contributed by atoms with Gasteiger partial charge in [0.25, 0.3) is 5.69 Å². The molecule has 0 fully saturated rings. The first kappa shape index (κ1) is 16.2. The van der Waals surface area contributed by atoms with Crippen LogP contribution in [-0.4, -0.2) is 16.7 Å². The average Bonchev–Trinajstić information content (AvgIpc) is 2.53. The molecule has 7 nitrogen and oxygen atoms in total. The first-order chi connectivity index (χ1) is 11.0. The number of hydrogen-bond donors (Lipinski definition) is 2. The Morgan fingerprint density at radius 1 is 1.13 bits per heavy atom. The Kier molecular flexibility index (Phi) is 5.03. The highest BCUT2D eigenvalue weighted by Gasteiger charge is 2.06. The molecule has 2 aromatic carbocycles. The second-order valence-corrected chi connectivity index (χ2v) is 4.88. The molecule has 0 bridgehead atoms. The molecule has 0 heterocycles. The Bertz CT molecular complexity index is 754. The number of nitrogens with one attached hydrogen (secondary N) is 2. The number of nitro benzene ring substituents is 1. The van der Waals surface area contributed by atoms with Gasteiger partial charge in [0.2, 0.25) is 0 Å². The molecule has 0 aromatic heterocycles. The Morgan fingerprint density at radius 2 is 1.78 bits per heavy atom. The fourth-order valence-electron chi connectivity index (χ4n) is 2.00. The minimum atomic E-state index is -0.521. The molecule has 0 aliphatic carbocycles. The van der Waals surface area contributed by atoms with Crippen molar-refractivity contribution in [1.29, 1.82) is 0 Å². The molecule has 0 atom stereocenters. The normalized spacial score (nSPS) is 11.0. The number of hydrogen-bond acceptors (Lipinski definition) is 4. The third kappa shape index (κ3) is 4.37. The number of aryl methyl sites for hydroxylation is 1. The molecule has 0 saturated carbocycles. The molecule has 2 aromatic rings. The fraction of sp³-hybridized carbons (Fsp3) is 0.125. The lowest BCUT2D eigenvalue weighted by Gasteiger charge is -2.07. The van der Waals surface area contributed by atoms with E-state index in [4.69, 9.17) is 0 Å². The second kappa shape index (κ2) is 7.17. The van der Waals surface area contributed by atoms with Crippen molar-refractivity contribution in [3.05, 3.63) is 69.8 Å².